The average molecular weight is 286 g/mol. The van der Waals surface area contributed by atoms with Gasteiger partial charge in [0.1, 0.15) is 0 Å². The SMILES string of the molecule is CCNCc1cc(Cl)c(OCC(C)CC)c(OC)c1. The van der Waals surface area contributed by atoms with E-state index < -0.39 is 0 Å². The van der Waals surface area contributed by atoms with Gasteiger partial charge in [-0.25, -0.2) is 0 Å². The molecule has 108 valence electrons. The van der Waals surface area contributed by atoms with E-state index in [9.17, 15) is 0 Å². The van der Waals surface area contributed by atoms with E-state index in [-0.39, 0.29) is 0 Å². The topological polar surface area (TPSA) is 30.5 Å². The smallest absolute Gasteiger partial charge is 0.179 e. The largest absolute Gasteiger partial charge is 0.493 e. The van der Waals surface area contributed by atoms with Crippen molar-refractivity contribution in [3.05, 3.63) is 22.7 Å². The van der Waals surface area contributed by atoms with E-state index in [1.54, 1.807) is 7.11 Å². The molecule has 1 unspecified atom stereocenters. The quantitative estimate of drug-likeness (QED) is 0.786. The number of nitrogens with one attached hydrogen (secondary N) is 1. The summed E-state index contributed by atoms with van der Waals surface area (Å²) < 4.78 is 11.2. The zero-order valence-corrected chi connectivity index (χ0v) is 13.0. The summed E-state index contributed by atoms with van der Waals surface area (Å²) in [4.78, 5) is 0. The van der Waals surface area contributed by atoms with Crippen LogP contribution < -0.4 is 14.8 Å². The van der Waals surface area contributed by atoms with E-state index in [0.717, 1.165) is 25.1 Å². The van der Waals surface area contributed by atoms with Crippen LogP contribution in [0, 0.1) is 5.92 Å². The van der Waals surface area contributed by atoms with Crippen LogP contribution in [0.15, 0.2) is 12.1 Å². The summed E-state index contributed by atoms with van der Waals surface area (Å²) in [5.74, 6) is 1.84. The van der Waals surface area contributed by atoms with Crippen molar-refractivity contribution in [2.24, 2.45) is 5.92 Å². The first-order valence-corrected chi connectivity index (χ1v) is 7.20. The number of halogens is 1. The number of rotatable bonds is 8. The van der Waals surface area contributed by atoms with Crippen LogP contribution in [0.1, 0.15) is 32.8 Å². The predicted molar refractivity (Wildman–Crippen MR) is 80.3 cm³/mol. The van der Waals surface area contributed by atoms with E-state index in [1.165, 1.54) is 0 Å². The molecule has 0 aliphatic carbocycles. The zero-order valence-electron chi connectivity index (χ0n) is 12.3. The number of ether oxygens (including phenoxy) is 2. The van der Waals surface area contributed by atoms with Gasteiger partial charge in [0.25, 0.3) is 0 Å². The molecule has 1 aromatic carbocycles. The van der Waals surface area contributed by atoms with Crippen LogP contribution in [-0.2, 0) is 6.54 Å². The lowest BCUT2D eigenvalue weighted by atomic mass is 10.1. The molecule has 0 saturated carbocycles. The molecule has 0 amide bonds. The normalized spacial score (nSPS) is 12.3. The first-order valence-electron chi connectivity index (χ1n) is 6.82. The summed E-state index contributed by atoms with van der Waals surface area (Å²) in [6.07, 6.45) is 1.08. The Morgan fingerprint density at radius 1 is 1.32 bits per heavy atom. The fourth-order valence-electron chi connectivity index (χ4n) is 1.63. The first-order chi connectivity index (χ1) is 9.12. The molecule has 0 aliphatic rings. The third kappa shape index (κ3) is 4.92. The number of methoxy groups -OCH3 is 1. The van der Waals surface area contributed by atoms with Gasteiger partial charge in [-0.05, 0) is 30.2 Å². The van der Waals surface area contributed by atoms with Crippen molar-refractivity contribution >= 4 is 11.6 Å². The van der Waals surface area contributed by atoms with Gasteiger partial charge in [0.2, 0.25) is 0 Å². The highest BCUT2D eigenvalue weighted by Gasteiger charge is 2.13. The monoisotopic (exact) mass is 285 g/mol. The Morgan fingerprint density at radius 2 is 2.05 bits per heavy atom. The maximum Gasteiger partial charge on any atom is 0.179 e. The second-order valence-electron chi connectivity index (χ2n) is 4.71. The molecule has 0 saturated heterocycles. The van der Waals surface area contributed by atoms with Crippen molar-refractivity contribution < 1.29 is 9.47 Å². The lowest BCUT2D eigenvalue weighted by Crippen LogP contribution is -2.12. The van der Waals surface area contributed by atoms with Gasteiger partial charge in [0, 0.05) is 6.54 Å². The Morgan fingerprint density at radius 3 is 2.63 bits per heavy atom. The average Bonchev–Trinajstić information content (AvgIpc) is 2.42. The van der Waals surface area contributed by atoms with Gasteiger partial charge in [0.15, 0.2) is 11.5 Å². The molecule has 1 aromatic rings. The van der Waals surface area contributed by atoms with E-state index in [4.69, 9.17) is 21.1 Å². The van der Waals surface area contributed by atoms with Crippen LogP contribution in [-0.4, -0.2) is 20.3 Å². The second kappa shape index (κ2) is 8.28. The Bertz CT molecular complexity index is 396. The highest BCUT2D eigenvalue weighted by Crippen LogP contribution is 2.36. The third-order valence-electron chi connectivity index (χ3n) is 3.08. The van der Waals surface area contributed by atoms with Crippen LogP contribution in [0.5, 0.6) is 11.5 Å². The maximum atomic E-state index is 6.29. The van der Waals surface area contributed by atoms with Gasteiger partial charge in [-0.3, -0.25) is 0 Å². The molecule has 0 spiro atoms. The van der Waals surface area contributed by atoms with Gasteiger partial charge < -0.3 is 14.8 Å². The van der Waals surface area contributed by atoms with Gasteiger partial charge in [0.05, 0.1) is 18.7 Å². The van der Waals surface area contributed by atoms with E-state index in [2.05, 4.69) is 26.1 Å². The van der Waals surface area contributed by atoms with Crippen molar-refractivity contribution in [2.75, 3.05) is 20.3 Å². The summed E-state index contributed by atoms with van der Waals surface area (Å²) in [5, 5.41) is 3.87. The zero-order chi connectivity index (χ0) is 14.3. The second-order valence-corrected chi connectivity index (χ2v) is 5.12. The van der Waals surface area contributed by atoms with Crippen molar-refractivity contribution in [1.82, 2.24) is 5.32 Å². The molecule has 0 radical (unpaired) electrons. The van der Waals surface area contributed by atoms with Gasteiger partial charge >= 0.3 is 0 Å². The molecular weight excluding hydrogens is 262 g/mol. The summed E-state index contributed by atoms with van der Waals surface area (Å²) in [6.45, 7) is 8.72. The van der Waals surface area contributed by atoms with E-state index >= 15 is 0 Å². The molecule has 0 aromatic heterocycles. The molecule has 0 heterocycles. The fraction of sp³-hybridized carbons (Fsp3) is 0.600. The number of benzene rings is 1. The van der Waals surface area contributed by atoms with Gasteiger partial charge in [-0.2, -0.15) is 0 Å². The van der Waals surface area contributed by atoms with Crippen LogP contribution in [0.4, 0.5) is 0 Å². The first kappa shape index (κ1) is 16.1. The Kier molecular flexibility index (Phi) is 7.03. The predicted octanol–water partition coefficient (Wildman–Crippen LogP) is 3.88. The molecule has 4 heteroatoms. The van der Waals surface area contributed by atoms with Crippen molar-refractivity contribution in [3.8, 4) is 11.5 Å². The van der Waals surface area contributed by atoms with Crippen LogP contribution in [0.3, 0.4) is 0 Å². The van der Waals surface area contributed by atoms with E-state index in [1.807, 2.05) is 12.1 Å². The molecule has 0 fully saturated rings. The highest BCUT2D eigenvalue weighted by atomic mass is 35.5. The van der Waals surface area contributed by atoms with Crippen LogP contribution in [0.2, 0.25) is 5.02 Å². The molecule has 1 N–H and O–H groups in total. The minimum absolute atomic E-state index is 0.502. The minimum atomic E-state index is 0.502. The summed E-state index contributed by atoms with van der Waals surface area (Å²) in [7, 11) is 1.64. The molecule has 1 atom stereocenters. The van der Waals surface area contributed by atoms with Crippen LogP contribution >= 0.6 is 11.6 Å². The lowest BCUT2D eigenvalue weighted by molar-refractivity contribution is 0.244. The molecule has 3 nitrogen and oxygen atoms in total. The molecular formula is C15H24ClNO2. The summed E-state index contributed by atoms with van der Waals surface area (Å²) in [6, 6.07) is 3.90. The minimum Gasteiger partial charge on any atom is -0.493 e. The summed E-state index contributed by atoms with van der Waals surface area (Å²) >= 11 is 6.29. The molecule has 19 heavy (non-hydrogen) atoms. The summed E-state index contributed by atoms with van der Waals surface area (Å²) in [5.41, 5.74) is 1.10. The lowest BCUT2D eigenvalue weighted by Gasteiger charge is -2.16. The molecule has 0 bridgehead atoms. The van der Waals surface area contributed by atoms with Gasteiger partial charge in [-0.15, -0.1) is 0 Å². The van der Waals surface area contributed by atoms with Crippen molar-refractivity contribution in [1.29, 1.82) is 0 Å². The van der Waals surface area contributed by atoms with Gasteiger partial charge in [-0.1, -0.05) is 38.8 Å². The Hall–Kier alpha value is -0.930. The van der Waals surface area contributed by atoms with Crippen molar-refractivity contribution in [3.63, 3.8) is 0 Å². The van der Waals surface area contributed by atoms with E-state index in [0.29, 0.717) is 29.0 Å². The highest BCUT2D eigenvalue weighted by molar-refractivity contribution is 6.32. The Balaban J connectivity index is 2.85. The van der Waals surface area contributed by atoms with Crippen molar-refractivity contribution in [2.45, 2.75) is 33.7 Å². The molecule has 0 aliphatic heterocycles. The number of hydrogen-bond acceptors (Lipinski definition) is 3. The fourth-order valence-corrected chi connectivity index (χ4v) is 1.92. The Labute approximate surface area is 121 Å². The third-order valence-corrected chi connectivity index (χ3v) is 3.36. The van der Waals surface area contributed by atoms with Crippen LogP contribution in [0.25, 0.3) is 0 Å². The molecule has 1 rings (SSSR count). The number of hydrogen-bond donors (Lipinski definition) is 1. The standard InChI is InChI=1S/C15H24ClNO2/c1-5-11(3)10-19-15-13(16)7-12(9-17-6-2)8-14(15)18-4/h7-8,11,17H,5-6,9-10H2,1-4H3. The maximum absolute atomic E-state index is 6.29.